The van der Waals surface area contributed by atoms with Crippen LogP contribution in [0.2, 0.25) is 0 Å². The topological polar surface area (TPSA) is 137 Å². The van der Waals surface area contributed by atoms with Gasteiger partial charge in [0.2, 0.25) is 5.95 Å². The predicted molar refractivity (Wildman–Crippen MR) is 132 cm³/mol. The van der Waals surface area contributed by atoms with Crippen LogP contribution in [0.25, 0.3) is 16.7 Å². The Bertz CT molecular complexity index is 1270. The van der Waals surface area contributed by atoms with Gasteiger partial charge < -0.3 is 20.1 Å². The number of hydrogen-bond donors (Lipinski definition) is 2. The van der Waals surface area contributed by atoms with Crippen molar-refractivity contribution in [1.82, 2.24) is 25.1 Å². The van der Waals surface area contributed by atoms with Gasteiger partial charge in [0.25, 0.3) is 0 Å². The Morgan fingerprint density at radius 1 is 1.17 bits per heavy atom. The van der Waals surface area contributed by atoms with Gasteiger partial charge in [-0.25, -0.2) is 22.9 Å². The molecule has 0 bridgehead atoms. The molecule has 35 heavy (non-hydrogen) atoms. The summed E-state index contributed by atoms with van der Waals surface area (Å²) in [6.45, 7) is 0.302. The Labute approximate surface area is 204 Å². The number of carbonyl (C=O) groups is 1. The molecule has 0 aliphatic heterocycles. The van der Waals surface area contributed by atoms with E-state index in [-0.39, 0.29) is 17.8 Å². The van der Waals surface area contributed by atoms with E-state index in [9.17, 15) is 13.2 Å². The number of nitrogens with one attached hydrogen (secondary N) is 2. The normalized spacial score (nSPS) is 18.2. The molecule has 2 N–H and O–H groups in total. The van der Waals surface area contributed by atoms with Gasteiger partial charge in [-0.2, -0.15) is 10.1 Å². The molecule has 1 aliphatic rings. The van der Waals surface area contributed by atoms with Gasteiger partial charge in [-0.1, -0.05) is 6.07 Å². The molecule has 0 unspecified atom stereocenters. The van der Waals surface area contributed by atoms with Gasteiger partial charge in [0.05, 0.1) is 36.6 Å². The zero-order valence-electron chi connectivity index (χ0n) is 19.8. The number of aromatic nitrogens is 4. The molecule has 3 aromatic rings. The average Bonchev–Trinajstić information content (AvgIpc) is 3.27. The largest absolute Gasteiger partial charge is 0.493 e. The van der Waals surface area contributed by atoms with Crippen molar-refractivity contribution >= 4 is 32.8 Å². The van der Waals surface area contributed by atoms with Crippen LogP contribution in [-0.4, -0.2) is 72.1 Å². The van der Waals surface area contributed by atoms with E-state index in [0.29, 0.717) is 30.5 Å². The summed E-state index contributed by atoms with van der Waals surface area (Å²) in [5, 5.41) is 11.6. The first-order valence-corrected chi connectivity index (χ1v) is 13.6. The van der Waals surface area contributed by atoms with Crippen molar-refractivity contribution in [3.63, 3.8) is 0 Å². The standard InChI is InChI=1S/C23H30N6O5S/c1-33-23(30)27-17-9-7-16(8-10-17)26-22-24-12-11-21(28-22)29-19-5-3-6-20(18(19)15-25-29)34-13-4-14-35(2,31)32/h3,5-6,11-12,15-17H,4,7-10,13-14H2,1-2H3,(H,27,30)(H,24,26,28)/t16-,17-. The second-order valence-electron chi connectivity index (χ2n) is 8.64. The Morgan fingerprint density at radius 3 is 2.69 bits per heavy atom. The minimum atomic E-state index is -3.02. The van der Waals surface area contributed by atoms with Crippen LogP contribution >= 0.6 is 0 Å². The molecule has 1 saturated carbocycles. The summed E-state index contributed by atoms with van der Waals surface area (Å²) in [5.41, 5.74) is 0.824. The van der Waals surface area contributed by atoms with Crippen LogP contribution in [0.15, 0.2) is 36.7 Å². The van der Waals surface area contributed by atoms with Gasteiger partial charge in [-0.3, -0.25) is 0 Å². The van der Waals surface area contributed by atoms with Crippen LogP contribution < -0.4 is 15.4 Å². The fourth-order valence-electron chi connectivity index (χ4n) is 4.16. The van der Waals surface area contributed by atoms with Crippen molar-refractivity contribution in [1.29, 1.82) is 0 Å². The van der Waals surface area contributed by atoms with Crippen LogP contribution in [-0.2, 0) is 14.6 Å². The monoisotopic (exact) mass is 502 g/mol. The second kappa shape index (κ2) is 10.9. The third-order valence-corrected chi connectivity index (χ3v) is 6.95. The SMILES string of the molecule is COC(=O)N[C@H]1CC[C@H](Nc2nccc(-n3ncc4c(OCCCS(C)(=O)=O)cccc43)n2)CC1. The predicted octanol–water partition coefficient (Wildman–Crippen LogP) is 2.71. The maximum Gasteiger partial charge on any atom is 0.407 e. The first-order chi connectivity index (χ1) is 16.8. The zero-order chi connectivity index (χ0) is 24.8. The molecule has 2 heterocycles. The first kappa shape index (κ1) is 24.7. The smallest absolute Gasteiger partial charge is 0.407 e. The van der Waals surface area contributed by atoms with Crippen LogP contribution in [0.1, 0.15) is 32.1 Å². The lowest BCUT2D eigenvalue weighted by molar-refractivity contribution is 0.162. The molecule has 0 saturated heterocycles. The Kier molecular flexibility index (Phi) is 7.69. The van der Waals surface area contributed by atoms with Gasteiger partial charge in [-0.05, 0) is 44.2 Å². The van der Waals surface area contributed by atoms with Crippen LogP contribution in [0, 0.1) is 0 Å². The number of benzene rings is 1. The van der Waals surface area contributed by atoms with E-state index in [2.05, 4.69) is 30.4 Å². The highest BCUT2D eigenvalue weighted by molar-refractivity contribution is 7.90. The van der Waals surface area contributed by atoms with Crippen LogP contribution in [0.5, 0.6) is 5.75 Å². The van der Waals surface area contributed by atoms with Gasteiger partial charge in [-0.15, -0.1) is 0 Å². The highest BCUT2D eigenvalue weighted by Crippen LogP contribution is 2.27. The number of sulfone groups is 1. The molecule has 0 spiro atoms. The highest BCUT2D eigenvalue weighted by Gasteiger charge is 2.23. The highest BCUT2D eigenvalue weighted by atomic mass is 32.2. The summed E-state index contributed by atoms with van der Waals surface area (Å²) in [5.74, 6) is 1.87. The number of carbonyl (C=O) groups excluding carboxylic acids is 1. The lowest BCUT2D eigenvalue weighted by atomic mass is 9.91. The summed E-state index contributed by atoms with van der Waals surface area (Å²) in [7, 11) is -1.65. The lowest BCUT2D eigenvalue weighted by Gasteiger charge is -2.29. The third kappa shape index (κ3) is 6.59. The molecule has 1 aromatic carbocycles. The van der Waals surface area contributed by atoms with Crippen molar-refractivity contribution in [3.8, 4) is 11.6 Å². The number of fused-ring (bicyclic) bond motifs is 1. The maximum absolute atomic E-state index is 11.4. The zero-order valence-corrected chi connectivity index (χ0v) is 20.6. The summed E-state index contributed by atoms with van der Waals surface area (Å²) >= 11 is 0. The minimum absolute atomic E-state index is 0.0857. The number of amides is 1. The van der Waals surface area contributed by atoms with Gasteiger partial charge >= 0.3 is 6.09 Å². The van der Waals surface area contributed by atoms with Crippen LogP contribution in [0.3, 0.4) is 0 Å². The molecule has 188 valence electrons. The minimum Gasteiger partial charge on any atom is -0.493 e. The molecule has 2 aromatic heterocycles. The second-order valence-corrected chi connectivity index (χ2v) is 10.9. The van der Waals surface area contributed by atoms with Crippen molar-refractivity contribution in [2.45, 2.75) is 44.2 Å². The number of anilines is 1. The molecule has 0 atom stereocenters. The molecule has 0 radical (unpaired) electrons. The van der Waals surface area contributed by atoms with E-state index in [1.165, 1.54) is 13.4 Å². The lowest BCUT2D eigenvalue weighted by Crippen LogP contribution is -2.40. The maximum atomic E-state index is 11.4. The van der Waals surface area contributed by atoms with Crippen molar-refractivity contribution < 1.29 is 22.7 Å². The molecule has 12 heteroatoms. The summed E-state index contributed by atoms with van der Waals surface area (Å²) in [6, 6.07) is 7.75. The summed E-state index contributed by atoms with van der Waals surface area (Å²) < 4.78 is 34.9. The molecule has 11 nitrogen and oxygen atoms in total. The summed E-state index contributed by atoms with van der Waals surface area (Å²) in [6.07, 6.45) is 8.11. The van der Waals surface area contributed by atoms with Gasteiger partial charge in [0.15, 0.2) is 5.82 Å². The van der Waals surface area contributed by atoms with E-state index < -0.39 is 15.9 Å². The van der Waals surface area contributed by atoms with Crippen molar-refractivity contribution in [3.05, 3.63) is 36.7 Å². The number of methoxy groups -OCH3 is 1. The van der Waals surface area contributed by atoms with Crippen molar-refractivity contribution in [2.24, 2.45) is 0 Å². The molecule has 4 rings (SSSR count). The van der Waals surface area contributed by atoms with Gasteiger partial charge in [0.1, 0.15) is 15.6 Å². The first-order valence-electron chi connectivity index (χ1n) is 11.5. The Morgan fingerprint density at radius 2 is 1.94 bits per heavy atom. The van der Waals surface area contributed by atoms with Crippen molar-refractivity contribution in [2.75, 3.05) is 31.0 Å². The quantitative estimate of drug-likeness (QED) is 0.423. The molecule has 1 amide bonds. The molecular formula is C23H30N6O5S. The number of hydrogen-bond acceptors (Lipinski definition) is 9. The number of ether oxygens (including phenoxy) is 2. The molecular weight excluding hydrogens is 472 g/mol. The Hall–Kier alpha value is -3.41. The summed E-state index contributed by atoms with van der Waals surface area (Å²) in [4.78, 5) is 20.4. The fourth-order valence-corrected chi connectivity index (χ4v) is 4.81. The molecule has 1 aliphatic carbocycles. The van der Waals surface area contributed by atoms with E-state index >= 15 is 0 Å². The molecule has 1 fully saturated rings. The van der Waals surface area contributed by atoms with E-state index in [1.54, 1.807) is 23.1 Å². The average molecular weight is 503 g/mol. The van der Waals surface area contributed by atoms with Crippen LogP contribution in [0.4, 0.5) is 10.7 Å². The van der Waals surface area contributed by atoms with E-state index in [0.717, 1.165) is 36.6 Å². The number of rotatable bonds is 9. The fraction of sp³-hybridized carbons (Fsp3) is 0.478. The number of nitrogens with zero attached hydrogens (tertiary/aromatic N) is 4. The Balaban J connectivity index is 1.41. The van der Waals surface area contributed by atoms with E-state index in [1.807, 2.05) is 18.2 Å². The van der Waals surface area contributed by atoms with Gasteiger partial charge in [0, 0.05) is 30.6 Å². The third-order valence-electron chi connectivity index (χ3n) is 5.92. The van der Waals surface area contributed by atoms with E-state index in [4.69, 9.17) is 4.74 Å². The number of alkyl carbamates (subject to hydrolysis) is 1.